The van der Waals surface area contributed by atoms with E-state index >= 15 is 0 Å². The maximum atomic E-state index is 5.79. The first kappa shape index (κ1) is 47.0. The summed E-state index contributed by atoms with van der Waals surface area (Å²) in [4.78, 5) is 0. The summed E-state index contributed by atoms with van der Waals surface area (Å²) in [5, 5.41) is 0. The highest BCUT2D eigenvalue weighted by molar-refractivity contribution is 5.27. The van der Waals surface area contributed by atoms with Crippen molar-refractivity contribution in [2.45, 2.75) is 64.9 Å². The van der Waals surface area contributed by atoms with E-state index in [9.17, 15) is 0 Å². The minimum atomic E-state index is 0.515. The van der Waals surface area contributed by atoms with Crippen molar-refractivity contribution in [1.29, 1.82) is 0 Å². The third-order valence-electron chi connectivity index (χ3n) is 7.95. The third-order valence-corrected chi connectivity index (χ3v) is 7.95. The van der Waals surface area contributed by atoms with E-state index in [1.807, 2.05) is 30.3 Å². The molecule has 0 fully saturated rings. The van der Waals surface area contributed by atoms with Crippen LogP contribution in [0.4, 0.5) is 0 Å². The van der Waals surface area contributed by atoms with Gasteiger partial charge in [-0.1, -0.05) is 87.9 Å². The SMILES string of the molecule is CCCCCCCCCc1ccc(OCCOCCOCCOCCOCCOCCOCCOCCOCCOCCOCc2ccccc2)cc1. The van der Waals surface area contributed by atoms with Crippen LogP contribution in [0.15, 0.2) is 54.6 Å². The molecule has 0 unspecified atom stereocenters. The lowest BCUT2D eigenvalue weighted by Gasteiger charge is -2.09. The van der Waals surface area contributed by atoms with Gasteiger partial charge >= 0.3 is 0 Å². The maximum Gasteiger partial charge on any atom is 0.119 e. The molecule has 2 aromatic carbocycles. The first-order valence-electron chi connectivity index (χ1n) is 19.9. The number of rotatable bonds is 41. The molecule has 0 aliphatic heterocycles. The minimum absolute atomic E-state index is 0.515. The largest absolute Gasteiger partial charge is 0.491 e. The number of hydrogen-bond donors (Lipinski definition) is 0. The van der Waals surface area contributed by atoms with Gasteiger partial charge in [-0.3, -0.25) is 0 Å². The van der Waals surface area contributed by atoms with E-state index in [1.165, 1.54) is 50.5 Å². The van der Waals surface area contributed by atoms with E-state index in [4.69, 9.17) is 52.1 Å². The summed E-state index contributed by atoms with van der Waals surface area (Å²) in [6.07, 6.45) is 10.5. The predicted octanol–water partition coefficient (Wildman–Crippen LogP) is 6.72. The second kappa shape index (κ2) is 38.1. The zero-order valence-electron chi connectivity index (χ0n) is 32.7. The molecule has 0 aliphatic carbocycles. The Hall–Kier alpha value is -2.16. The second-order valence-electron chi connectivity index (χ2n) is 12.4. The highest BCUT2D eigenvalue weighted by Crippen LogP contribution is 2.15. The molecule has 0 aliphatic rings. The van der Waals surface area contributed by atoms with Crippen LogP contribution in [-0.2, 0) is 60.4 Å². The molecule has 304 valence electrons. The van der Waals surface area contributed by atoms with Gasteiger partial charge in [0, 0.05) is 0 Å². The Kier molecular flexibility index (Phi) is 33.8. The Morgan fingerprint density at radius 3 is 1.09 bits per heavy atom. The van der Waals surface area contributed by atoms with E-state index in [-0.39, 0.29) is 0 Å². The molecule has 11 nitrogen and oxygen atoms in total. The zero-order chi connectivity index (χ0) is 37.4. The van der Waals surface area contributed by atoms with Gasteiger partial charge in [0.05, 0.1) is 132 Å². The van der Waals surface area contributed by atoms with Crippen molar-refractivity contribution < 1.29 is 52.1 Å². The first-order chi connectivity index (χ1) is 26.4. The smallest absolute Gasteiger partial charge is 0.119 e. The Bertz CT molecular complexity index is 996. The molecule has 0 heterocycles. The summed E-state index contributed by atoms with van der Waals surface area (Å²) in [5.41, 5.74) is 2.54. The number of unbranched alkanes of at least 4 members (excludes halogenated alkanes) is 6. The van der Waals surface area contributed by atoms with Crippen LogP contribution < -0.4 is 4.74 Å². The highest BCUT2D eigenvalue weighted by atomic mass is 16.6. The summed E-state index contributed by atoms with van der Waals surface area (Å²) in [6.45, 7) is 13.4. The molecular weight excluding hydrogens is 680 g/mol. The van der Waals surface area contributed by atoms with Crippen molar-refractivity contribution in [3.05, 3.63) is 65.7 Å². The first-order valence-corrected chi connectivity index (χ1v) is 19.9. The third kappa shape index (κ3) is 31.9. The lowest BCUT2D eigenvalue weighted by atomic mass is 10.0. The quantitative estimate of drug-likeness (QED) is 0.0677. The summed E-state index contributed by atoms with van der Waals surface area (Å²) in [6, 6.07) is 18.6. The van der Waals surface area contributed by atoms with Crippen LogP contribution in [0.5, 0.6) is 5.75 Å². The van der Waals surface area contributed by atoms with Crippen LogP contribution in [0.2, 0.25) is 0 Å². The number of hydrogen-bond acceptors (Lipinski definition) is 11. The molecule has 0 radical (unpaired) electrons. The van der Waals surface area contributed by atoms with Crippen molar-refractivity contribution in [2.75, 3.05) is 132 Å². The zero-order valence-corrected chi connectivity index (χ0v) is 32.7. The molecule has 0 saturated heterocycles. The Labute approximate surface area is 320 Å². The van der Waals surface area contributed by atoms with Gasteiger partial charge in [0.1, 0.15) is 12.4 Å². The van der Waals surface area contributed by atoms with Crippen LogP contribution in [-0.4, -0.2) is 132 Å². The lowest BCUT2D eigenvalue weighted by molar-refractivity contribution is -0.0269. The Balaban J connectivity index is 1.17. The van der Waals surface area contributed by atoms with Crippen LogP contribution in [0.3, 0.4) is 0 Å². The van der Waals surface area contributed by atoms with Crippen molar-refractivity contribution in [3.8, 4) is 5.75 Å². The van der Waals surface area contributed by atoms with Crippen molar-refractivity contribution in [1.82, 2.24) is 0 Å². The molecule has 53 heavy (non-hydrogen) atoms. The van der Waals surface area contributed by atoms with Crippen molar-refractivity contribution in [3.63, 3.8) is 0 Å². The van der Waals surface area contributed by atoms with Gasteiger partial charge in [-0.05, 0) is 36.1 Å². The topological polar surface area (TPSA) is 102 Å². The predicted molar refractivity (Wildman–Crippen MR) is 207 cm³/mol. The van der Waals surface area contributed by atoms with Crippen molar-refractivity contribution >= 4 is 0 Å². The molecular formula is C42H70O11. The Morgan fingerprint density at radius 1 is 0.321 bits per heavy atom. The molecule has 0 spiro atoms. The van der Waals surface area contributed by atoms with Gasteiger partial charge < -0.3 is 52.1 Å². The molecule has 0 atom stereocenters. The summed E-state index contributed by atoms with van der Waals surface area (Å²) in [7, 11) is 0. The fourth-order valence-corrected chi connectivity index (χ4v) is 5.00. The van der Waals surface area contributed by atoms with Gasteiger partial charge in [-0.15, -0.1) is 0 Å². The van der Waals surface area contributed by atoms with E-state index < -0.39 is 0 Å². The maximum absolute atomic E-state index is 5.79. The monoisotopic (exact) mass is 750 g/mol. The van der Waals surface area contributed by atoms with Crippen LogP contribution in [0.25, 0.3) is 0 Å². The molecule has 0 saturated carbocycles. The average Bonchev–Trinajstić information content (AvgIpc) is 3.19. The molecule has 11 heteroatoms. The molecule has 2 rings (SSSR count). The van der Waals surface area contributed by atoms with E-state index in [1.54, 1.807) is 0 Å². The molecule has 0 amide bonds. The van der Waals surface area contributed by atoms with Gasteiger partial charge in [0.25, 0.3) is 0 Å². The highest BCUT2D eigenvalue weighted by Gasteiger charge is 1.99. The molecule has 0 aromatic heterocycles. The van der Waals surface area contributed by atoms with E-state index in [0.717, 1.165) is 17.7 Å². The molecule has 0 bridgehead atoms. The fourth-order valence-electron chi connectivity index (χ4n) is 5.00. The minimum Gasteiger partial charge on any atom is -0.491 e. The van der Waals surface area contributed by atoms with Crippen LogP contribution in [0.1, 0.15) is 63.0 Å². The lowest BCUT2D eigenvalue weighted by Crippen LogP contribution is -2.15. The fraction of sp³-hybridized carbons (Fsp3) is 0.714. The average molecular weight is 751 g/mol. The van der Waals surface area contributed by atoms with Gasteiger partial charge in [-0.25, -0.2) is 0 Å². The summed E-state index contributed by atoms with van der Waals surface area (Å²) >= 11 is 0. The summed E-state index contributed by atoms with van der Waals surface area (Å²) in [5.74, 6) is 0.888. The van der Waals surface area contributed by atoms with Crippen LogP contribution in [0, 0.1) is 0 Å². The van der Waals surface area contributed by atoms with Crippen molar-refractivity contribution in [2.24, 2.45) is 0 Å². The summed E-state index contributed by atoms with van der Waals surface area (Å²) < 4.78 is 61.1. The number of ether oxygens (including phenoxy) is 11. The number of benzene rings is 2. The normalized spacial score (nSPS) is 11.4. The second-order valence-corrected chi connectivity index (χ2v) is 12.4. The molecule has 0 N–H and O–H groups in total. The van der Waals surface area contributed by atoms with Gasteiger partial charge in [0.2, 0.25) is 0 Å². The number of aryl methyl sites for hydroxylation is 1. The van der Waals surface area contributed by atoms with Gasteiger partial charge in [-0.2, -0.15) is 0 Å². The van der Waals surface area contributed by atoms with Gasteiger partial charge in [0.15, 0.2) is 0 Å². The van der Waals surface area contributed by atoms with E-state index in [0.29, 0.717) is 139 Å². The molecule has 2 aromatic rings. The van der Waals surface area contributed by atoms with E-state index in [2.05, 4.69) is 31.2 Å². The van der Waals surface area contributed by atoms with Crippen LogP contribution >= 0.6 is 0 Å². The Morgan fingerprint density at radius 2 is 0.679 bits per heavy atom. The standard InChI is InChI=1S/C42H70O11/c1-2-3-4-5-6-7-9-12-40-15-17-42(18-16-40)53-38-37-51-34-33-49-30-29-47-26-25-45-22-21-43-19-20-44-23-24-46-27-28-48-31-32-50-35-36-52-39-41-13-10-8-11-14-41/h8,10-11,13-18H,2-7,9,12,19-39H2,1H3.